The van der Waals surface area contributed by atoms with Gasteiger partial charge in [0.05, 0.1) is 6.54 Å². The van der Waals surface area contributed by atoms with Gasteiger partial charge in [-0.2, -0.15) is 5.10 Å². The molecule has 78 valence electrons. The zero-order chi connectivity index (χ0) is 10.8. The summed E-state index contributed by atoms with van der Waals surface area (Å²) in [7, 11) is 0. The summed E-state index contributed by atoms with van der Waals surface area (Å²) in [6.07, 6.45) is 0. The molecular weight excluding hydrogens is 188 g/mol. The van der Waals surface area contributed by atoms with Crippen LogP contribution in [0.4, 0.5) is 11.6 Å². The van der Waals surface area contributed by atoms with Crippen molar-refractivity contribution >= 4 is 11.6 Å². The van der Waals surface area contributed by atoms with Crippen LogP contribution in [0.5, 0.6) is 0 Å². The predicted molar refractivity (Wildman–Crippen MR) is 61.3 cm³/mol. The summed E-state index contributed by atoms with van der Waals surface area (Å²) in [4.78, 5) is 0. The van der Waals surface area contributed by atoms with Crippen molar-refractivity contribution in [1.29, 1.82) is 0 Å². The number of nitrogens with two attached hydrogens (primary N) is 2. The van der Waals surface area contributed by atoms with Crippen LogP contribution in [0.2, 0.25) is 0 Å². The summed E-state index contributed by atoms with van der Waals surface area (Å²) in [5.41, 5.74) is 13.7. The van der Waals surface area contributed by atoms with Crippen molar-refractivity contribution in [2.45, 2.75) is 13.5 Å². The number of benzene rings is 1. The van der Waals surface area contributed by atoms with Crippen LogP contribution in [-0.2, 0) is 6.54 Å². The van der Waals surface area contributed by atoms with Gasteiger partial charge in [-0.3, -0.25) is 0 Å². The standard InChI is InChI=1S/C11H14N4/c1-8-4-2-3-5-9(8)7-15-11(13)6-10(12)14-15/h2-6H,7,13H2,1H3,(H2,12,14). The van der Waals surface area contributed by atoms with E-state index in [2.05, 4.69) is 24.2 Å². The van der Waals surface area contributed by atoms with E-state index in [0.29, 0.717) is 18.2 Å². The van der Waals surface area contributed by atoms with Crippen molar-refractivity contribution in [3.63, 3.8) is 0 Å². The number of hydrogen-bond donors (Lipinski definition) is 2. The van der Waals surface area contributed by atoms with Gasteiger partial charge in [0.15, 0.2) is 0 Å². The molecule has 4 nitrogen and oxygen atoms in total. The molecule has 4 N–H and O–H groups in total. The normalized spacial score (nSPS) is 10.5. The second-order valence-corrected chi connectivity index (χ2v) is 3.58. The molecule has 1 aromatic heterocycles. The van der Waals surface area contributed by atoms with Gasteiger partial charge in [-0.15, -0.1) is 0 Å². The first-order valence-electron chi connectivity index (χ1n) is 4.80. The Labute approximate surface area is 88.5 Å². The third-order valence-corrected chi connectivity index (χ3v) is 2.41. The van der Waals surface area contributed by atoms with Gasteiger partial charge in [0.2, 0.25) is 0 Å². The summed E-state index contributed by atoms with van der Waals surface area (Å²) in [6, 6.07) is 9.81. The van der Waals surface area contributed by atoms with Crippen LogP contribution < -0.4 is 11.5 Å². The molecule has 1 heterocycles. The van der Waals surface area contributed by atoms with E-state index >= 15 is 0 Å². The fourth-order valence-electron chi connectivity index (χ4n) is 1.53. The van der Waals surface area contributed by atoms with Crippen LogP contribution in [0.3, 0.4) is 0 Å². The Bertz CT molecular complexity index is 473. The van der Waals surface area contributed by atoms with E-state index in [4.69, 9.17) is 11.5 Å². The fourth-order valence-corrected chi connectivity index (χ4v) is 1.53. The molecule has 1 aromatic carbocycles. The molecule has 0 fully saturated rings. The quantitative estimate of drug-likeness (QED) is 0.773. The zero-order valence-electron chi connectivity index (χ0n) is 8.64. The number of aromatic nitrogens is 2. The second-order valence-electron chi connectivity index (χ2n) is 3.58. The van der Waals surface area contributed by atoms with Gasteiger partial charge < -0.3 is 11.5 Å². The summed E-state index contributed by atoms with van der Waals surface area (Å²) in [5.74, 6) is 1.05. The zero-order valence-corrected chi connectivity index (χ0v) is 8.64. The summed E-state index contributed by atoms with van der Waals surface area (Å²) in [5, 5.41) is 4.12. The number of rotatable bonds is 2. The number of nitrogen functional groups attached to an aromatic ring is 2. The van der Waals surface area contributed by atoms with E-state index in [0.717, 1.165) is 0 Å². The lowest BCUT2D eigenvalue weighted by atomic mass is 10.1. The number of hydrogen-bond acceptors (Lipinski definition) is 3. The third kappa shape index (κ3) is 1.93. The molecule has 0 aliphatic rings. The van der Waals surface area contributed by atoms with Gasteiger partial charge in [-0.25, -0.2) is 4.68 Å². The van der Waals surface area contributed by atoms with E-state index in [1.165, 1.54) is 11.1 Å². The Morgan fingerprint density at radius 1 is 1.27 bits per heavy atom. The topological polar surface area (TPSA) is 69.9 Å². The Morgan fingerprint density at radius 2 is 2.00 bits per heavy atom. The maximum atomic E-state index is 5.76. The van der Waals surface area contributed by atoms with Gasteiger partial charge in [0.1, 0.15) is 11.6 Å². The number of aryl methyl sites for hydroxylation is 1. The molecule has 0 saturated carbocycles. The Hall–Kier alpha value is -1.97. The summed E-state index contributed by atoms with van der Waals surface area (Å²) >= 11 is 0. The van der Waals surface area contributed by atoms with Crippen molar-refractivity contribution in [2.24, 2.45) is 0 Å². The van der Waals surface area contributed by atoms with E-state index in [9.17, 15) is 0 Å². The maximum Gasteiger partial charge on any atom is 0.147 e. The highest BCUT2D eigenvalue weighted by Gasteiger charge is 2.04. The van der Waals surface area contributed by atoms with Gasteiger partial charge in [0.25, 0.3) is 0 Å². The largest absolute Gasteiger partial charge is 0.384 e. The minimum atomic E-state index is 0.459. The molecule has 0 aliphatic heterocycles. The van der Waals surface area contributed by atoms with Crippen molar-refractivity contribution < 1.29 is 0 Å². The first-order chi connectivity index (χ1) is 7.16. The highest BCUT2D eigenvalue weighted by atomic mass is 15.3. The highest BCUT2D eigenvalue weighted by Crippen LogP contribution is 2.13. The van der Waals surface area contributed by atoms with E-state index in [1.807, 2.05) is 12.1 Å². The molecule has 0 atom stereocenters. The Morgan fingerprint density at radius 3 is 2.60 bits per heavy atom. The van der Waals surface area contributed by atoms with E-state index in [1.54, 1.807) is 10.7 Å². The smallest absolute Gasteiger partial charge is 0.147 e. The molecule has 4 heteroatoms. The Balaban J connectivity index is 2.29. The molecule has 2 rings (SSSR count). The van der Waals surface area contributed by atoms with Crippen LogP contribution in [0.1, 0.15) is 11.1 Å². The van der Waals surface area contributed by atoms with Gasteiger partial charge >= 0.3 is 0 Å². The minimum absolute atomic E-state index is 0.459. The minimum Gasteiger partial charge on any atom is -0.384 e. The van der Waals surface area contributed by atoms with Gasteiger partial charge in [-0.05, 0) is 18.1 Å². The van der Waals surface area contributed by atoms with Crippen molar-refractivity contribution in [2.75, 3.05) is 11.5 Å². The van der Waals surface area contributed by atoms with Crippen LogP contribution in [0.25, 0.3) is 0 Å². The Kier molecular flexibility index (Phi) is 2.33. The molecule has 0 bridgehead atoms. The first kappa shape index (κ1) is 9.58. The fraction of sp³-hybridized carbons (Fsp3) is 0.182. The number of anilines is 2. The van der Waals surface area contributed by atoms with Crippen LogP contribution in [0.15, 0.2) is 30.3 Å². The molecule has 15 heavy (non-hydrogen) atoms. The van der Waals surface area contributed by atoms with Crippen LogP contribution in [-0.4, -0.2) is 9.78 Å². The van der Waals surface area contributed by atoms with Gasteiger partial charge in [0, 0.05) is 6.07 Å². The second kappa shape index (κ2) is 3.65. The summed E-state index contributed by atoms with van der Waals surface area (Å²) in [6.45, 7) is 2.73. The van der Waals surface area contributed by atoms with E-state index in [-0.39, 0.29) is 0 Å². The monoisotopic (exact) mass is 202 g/mol. The molecule has 0 spiro atoms. The highest BCUT2D eigenvalue weighted by molar-refractivity contribution is 5.42. The average molecular weight is 202 g/mol. The first-order valence-corrected chi connectivity index (χ1v) is 4.80. The van der Waals surface area contributed by atoms with Crippen molar-refractivity contribution in [3.05, 3.63) is 41.5 Å². The van der Waals surface area contributed by atoms with Gasteiger partial charge in [-0.1, -0.05) is 24.3 Å². The molecule has 0 amide bonds. The predicted octanol–water partition coefficient (Wildman–Crippen LogP) is 1.40. The summed E-state index contributed by atoms with van der Waals surface area (Å²) < 4.78 is 1.71. The third-order valence-electron chi connectivity index (χ3n) is 2.41. The molecule has 0 aliphatic carbocycles. The lowest BCUT2D eigenvalue weighted by molar-refractivity contribution is 0.698. The number of nitrogens with zero attached hydrogens (tertiary/aromatic N) is 2. The van der Waals surface area contributed by atoms with Crippen LogP contribution in [0, 0.1) is 6.92 Å². The molecule has 2 aromatic rings. The molecular formula is C11H14N4. The average Bonchev–Trinajstić information content (AvgIpc) is 2.49. The van der Waals surface area contributed by atoms with Crippen LogP contribution >= 0.6 is 0 Å². The molecule has 0 radical (unpaired) electrons. The maximum absolute atomic E-state index is 5.76. The SMILES string of the molecule is Cc1ccccc1Cn1nc(N)cc1N. The lowest BCUT2D eigenvalue weighted by Gasteiger charge is -2.06. The van der Waals surface area contributed by atoms with Crippen molar-refractivity contribution in [1.82, 2.24) is 9.78 Å². The van der Waals surface area contributed by atoms with Crippen molar-refractivity contribution in [3.8, 4) is 0 Å². The molecule has 0 saturated heterocycles. The van der Waals surface area contributed by atoms with E-state index < -0.39 is 0 Å². The lowest BCUT2D eigenvalue weighted by Crippen LogP contribution is -2.07. The molecule has 0 unspecified atom stereocenters.